The molecule has 1 amide bonds. The molecular weight excluding hydrogens is 374 g/mol. The molecule has 1 aromatic heterocycles. The molecule has 0 spiro atoms. The molecule has 0 radical (unpaired) electrons. The van der Waals surface area contributed by atoms with E-state index in [9.17, 15) is 15.2 Å². The minimum Gasteiger partial charge on any atom is -0.394 e. The zero-order chi connectivity index (χ0) is 21.1. The van der Waals surface area contributed by atoms with Crippen LogP contribution in [0.2, 0.25) is 0 Å². The number of amides is 1. The third-order valence-electron chi connectivity index (χ3n) is 5.78. The first kappa shape index (κ1) is 19.8. The molecule has 2 heterocycles. The molecule has 5 heteroatoms. The molecule has 1 aliphatic rings. The van der Waals surface area contributed by atoms with Crippen molar-refractivity contribution in [2.45, 2.75) is 31.3 Å². The van der Waals surface area contributed by atoms with Gasteiger partial charge < -0.3 is 10.0 Å². The summed E-state index contributed by atoms with van der Waals surface area (Å²) < 4.78 is 0. The smallest absolute Gasteiger partial charge is 0.228 e. The molecule has 0 unspecified atom stereocenters. The number of hydrogen-bond acceptors (Lipinski definition) is 4. The Morgan fingerprint density at radius 3 is 2.57 bits per heavy atom. The lowest BCUT2D eigenvalue weighted by atomic mass is 9.73. The van der Waals surface area contributed by atoms with Crippen molar-refractivity contribution in [3.05, 3.63) is 89.7 Å². The molecule has 150 valence electrons. The van der Waals surface area contributed by atoms with Crippen molar-refractivity contribution in [1.29, 1.82) is 5.26 Å². The van der Waals surface area contributed by atoms with Crippen LogP contribution in [0.1, 0.15) is 22.6 Å². The van der Waals surface area contributed by atoms with Crippen molar-refractivity contribution in [3.63, 3.8) is 0 Å². The number of nitrogens with zero attached hydrogens (tertiary/aromatic N) is 3. The van der Waals surface area contributed by atoms with Gasteiger partial charge in [-0.15, -0.1) is 0 Å². The number of aliphatic hydroxyl groups excluding tert-OH is 1. The predicted molar refractivity (Wildman–Crippen MR) is 114 cm³/mol. The van der Waals surface area contributed by atoms with E-state index in [1.807, 2.05) is 37.3 Å². The second kappa shape index (κ2) is 8.48. The molecule has 4 rings (SSSR count). The van der Waals surface area contributed by atoms with Gasteiger partial charge in [-0.05, 0) is 35.2 Å². The van der Waals surface area contributed by atoms with Gasteiger partial charge in [0, 0.05) is 18.3 Å². The average molecular weight is 397 g/mol. The quantitative estimate of drug-likeness (QED) is 0.715. The lowest BCUT2D eigenvalue weighted by Crippen LogP contribution is -2.65. The number of carbonyl (C=O) groups is 1. The number of aliphatic hydroxyl groups is 1. The summed E-state index contributed by atoms with van der Waals surface area (Å²) >= 11 is 0. The maximum atomic E-state index is 12.9. The third kappa shape index (κ3) is 3.58. The molecule has 1 aliphatic heterocycles. The number of rotatable bonds is 5. The van der Waals surface area contributed by atoms with Crippen molar-refractivity contribution in [3.8, 4) is 17.2 Å². The summed E-state index contributed by atoms with van der Waals surface area (Å²) in [5.41, 5.74) is 5.04. The Morgan fingerprint density at radius 2 is 1.90 bits per heavy atom. The second-order valence-corrected chi connectivity index (χ2v) is 7.64. The number of pyridine rings is 1. The maximum absolute atomic E-state index is 12.9. The standard InChI is InChI=1S/C25H23N3O2/c1-17-8-10-19(11-9-17)20-6-2-3-7-21(20)25-22(14-26)28(23(25)16-29)24(30)13-18-5-4-12-27-15-18/h2-12,15,22-23,25,29H,13,16H2,1H3/t22-,23+,25-/m0/s1. The number of nitriles is 1. The molecule has 5 nitrogen and oxygen atoms in total. The third-order valence-corrected chi connectivity index (χ3v) is 5.78. The Balaban J connectivity index is 1.65. The van der Waals surface area contributed by atoms with Crippen LogP contribution in [0.3, 0.4) is 0 Å². The van der Waals surface area contributed by atoms with Crippen LogP contribution < -0.4 is 0 Å². The van der Waals surface area contributed by atoms with Crippen LogP contribution >= 0.6 is 0 Å². The van der Waals surface area contributed by atoms with Gasteiger partial charge >= 0.3 is 0 Å². The number of aromatic nitrogens is 1. The first-order chi connectivity index (χ1) is 14.6. The van der Waals surface area contributed by atoms with Gasteiger partial charge in [-0.3, -0.25) is 9.78 Å². The van der Waals surface area contributed by atoms with Crippen molar-refractivity contribution >= 4 is 5.91 Å². The molecule has 0 aliphatic carbocycles. The molecule has 3 atom stereocenters. The lowest BCUT2D eigenvalue weighted by molar-refractivity contribution is -0.146. The highest BCUT2D eigenvalue weighted by atomic mass is 16.3. The van der Waals surface area contributed by atoms with Crippen LogP contribution in [-0.2, 0) is 11.2 Å². The van der Waals surface area contributed by atoms with E-state index in [2.05, 4.69) is 35.3 Å². The van der Waals surface area contributed by atoms with Crippen molar-refractivity contribution in [2.75, 3.05) is 6.61 Å². The van der Waals surface area contributed by atoms with Crippen LogP contribution in [0.4, 0.5) is 0 Å². The second-order valence-electron chi connectivity index (χ2n) is 7.64. The van der Waals surface area contributed by atoms with Crippen LogP contribution in [-0.4, -0.2) is 39.6 Å². The van der Waals surface area contributed by atoms with Gasteiger partial charge in [0.25, 0.3) is 0 Å². The number of aryl methyl sites for hydroxylation is 1. The fourth-order valence-electron chi connectivity index (χ4n) is 4.28. The minimum atomic E-state index is -0.613. The van der Waals surface area contributed by atoms with E-state index in [0.29, 0.717) is 0 Å². The van der Waals surface area contributed by atoms with Gasteiger partial charge in [0.1, 0.15) is 6.04 Å². The molecule has 1 N–H and O–H groups in total. The summed E-state index contributed by atoms with van der Waals surface area (Å²) in [6, 6.07) is 21.1. The highest BCUT2D eigenvalue weighted by Gasteiger charge is 2.52. The number of hydrogen-bond donors (Lipinski definition) is 1. The zero-order valence-electron chi connectivity index (χ0n) is 16.8. The van der Waals surface area contributed by atoms with Crippen molar-refractivity contribution in [2.24, 2.45) is 0 Å². The minimum absolute atomic E-state index is 0.162. The summed E-state index contributed by atoms with van der Waals surface area (Å²) in [4.78, 5) is 18.5. The number of benzene rings is 2. The zero-order valence-corrected chi connectivity index (χ0v) is 16.8. The first-order valence-electron chi connectivity index (χ1n) is 10.0. The Kier molecular flexibility index (Phi) is 5.60. The van der Waals surface area contributed by atoms with Crippen molar-refractivity contribution in [1.82, 2.24) is 9.88 Å². The molecule has 3 aromatic rings. The fourth-order valence-corrected chi connectivity index (χ4v) is 4.28. The highest BCUT2D eigenvalue weighted by Crippen LogP contribution is 2.44. The summed E-state index contributed by atoms with van der Waals surface area (Å²) in [6.07, 6.45) is 3.47. The van der Waals surface area contributed by atoms with Crippen molar-refractivity contribution < 1.29 is 9.90 Å². The summed E-state index contributed by atoms with van der Waals surface area (Å²) in [5.74, 6) is -0.409. The number of carbonyl (C=O) groups excluding carboxylic acids is 1. The Bertz CT molecular complexity index is 1070. The monoisotopic (exact) mass is 397 g/mol. The Labute approximate surface area is 176 Å². The predicted octanol–water partition coefficient (Wildman–Crippen LogP) is 3.48. The largest absolute Gasteiger partial charge is 0.394 e. The fraction of sp³-hybridized carbons (Fsp3) is 0.240. The molecule has 1 saturated heterocycles. The van der Waals surface area contributed by atoms with Gasteiger partial charge in [-0.1, -0.05) is 60.2 Å². The number of likely N-dealkylation sites (tertiary alicyclic amines) is 1. The molecule has 1 fully saturated rings. The molecule has 0 saturated carbocycles. The Hall–Kier alpha value is -3.49. The van der Waals surface area contributed by atoms with E-state index in [1.165, 1.54) is 10.5 Å². The van der Waals surface area contributed by atoms with Crippen LogP contribution in [0.15, 0.2) is 73.1 Å². The maximum Gasteiger partial charge on any atom is 0.228 e. The van der Waals surface area contributed by atoms with Gasteiger partial charge in [0.2, 0.25) is 5.91 Å². The Morgan fingerprint density at radius 1 is 1.13 bits per heavy atom. The molecule has 0 bridgehead atoms. The topological polar surface area (TPSA) is 77.2 Å². The lowest BCUT2D eigenvalue weighted by Gasteiger charge is -2.52. The van der Waals surface area contributed by atoms with Crippen LogP contribution in [0, 0.1) is 18.3 Å². The van der Waals surface area contributed by atoms with Gasteiger partial charge in [0.15, 0.2) is 0 Å². The molecule has 2 aromatic carbocycles. The van der Waals surface area contributed by atoms with E-state index in [1.54, 1.807) is 18.5 Å². The average Bonchev–Trinajstić information content (AvgIpc) is 2.75. The highest BCUT2D eigenvalue weighted by molar-refractivity contribution is 5.82. The SMILES string of the molecule is Cc1ccc(-c2ccccc2[C@@H]2[C@@H](CO)N(C(=O)Cc3cccnc3)[C@H]2C#N)cc1. The first-order valence-corrected chi connectivity index (χ1v) is 10.0. The normalized spacial score (nSPS) is 20.3. The van der Waals surface area contributed by atoms with Crippen LogP contribution in [0.25, 0.3) is 11.1 Å². The van der Waals surface area contributed by atoms with E-state index < -0.39 is 12.1 Å². The summed E-state index contributed by atoms with van der Waals surface area (Å²) in [7, 11) is 0. The van der Waals surface area contributed by atoms with Gasteiger partial charge in [0.05, 0.1) is 25.1 Å². The summed E-state index contributed by atoms with van der Waals surface area (Å²) in [6.45, 7) is 1.85. The van der Waals surface area contributed by atoms with E-state index >= 15 is 0 Å². The molecule has 30 heavy (non-hydrogen) atoms. The van der Waals surface area contributed by atoms with Gasteiger partial charge in [-0.25, -0.2) is 0 Å². The summed E-state index contributed by atoms with van der Waals surface area (Å²) in [5, 5.41) is 20.0. The molecular formula is C25H23N3O2. The van der Waals surface area contributed by atoms with E-state index in [-0.39, 0.29) is 24.9 Å². The van der Waals surface area contributed by atoms with Crippen LogP contribution in [0.5, 0.6) is 0 Å². The van der Waals surface area contributed by atoms with Gasteiger partial charge in [-0.2, -0.15) is 5.26 Å². The van der Waals surface area contributed by atoms with E-state index in [0.717, 1.165) is 22.3 Å². The van der Waals surface area contributed by atoms with E-state index in [4.69, 9.17) is 0 Å².